The fourth-order valence-electron chi connectivity index (χ4n) is 3.62. The van der Waals surface area contributed by atoms with E-state index in [9.17, 15) is 4.79 Å². The lowest BCUT2D eigenvalue weighted by Crippen LogP contribution is -2.42. The Morgan fingerprint density at radius 3 is 2.74 bits per heavy atom. The van der Waals surface area contributed by atoms with Gasteiger partial charge in [0.25, 0.3) is 0 Å². The third-order valence-corrected chi connectivity index (χ3v) is 6.85. The Kier molecular flexibility index (Phi) is 4.01. The highest BCUT2D eigenvalue weighted by molar-refractivity contribution is 8.01. The summed E-state index contributed by atoms with van der Waals surface area (Å²) in [6, 6.07) is 10.6. The summed E-state index contributed by atoms with van der Waals surface area (Å²) in [5.41, 5.74) is 0.243. The maximum Gasteiger partial charge on any atom is 0.317 e. The smallest absolute Gasteiger partial charge is 0.317 e. The summed E-state index contributed by atoms with van der Waals surface area (Å²) in [4.78, 5) is 15.8. The second kappa shape index (κ2) is 6.02. The third-order valence-electron chi connectivity index (χ3n) is 5.36. The second-order valence-electron chi connectivity index (χ2n) is 7.23. The van der Waals surface area contributed by atoms with Crippen LogP contribution in [0.3, 0.4) is 0 Å². The Labute approximate surface area is 142 Å². The number of ether oxygens (including phenoxy) is 1. The summed E-state index contributed by atoms with van der Waals surface area (Å²) >= 11 is 1.91. The number of thioether (sulfide) groups is 1. The number of hydrogen-bond donors (Lipinski definition) is 1. The molecule has 1 aromatic rings. The molecule has 1 aromatic carbocycles. The van der Waals surface area contributed by atoms with Crippen molar-refractivity contribution in [2.24, 2.45) is 5.41 Å². The number of nitrogens with zero attached hydrogens (tertiary/aromatic N) is 1. The highest BCUT2D eigenvalue weighted by Gasteiger charge is 2.46. The quantitative estimate of drug-likeness (QED) is 0.921. The van der Waals surface area contributed by atoms with Crippen LogP contribution in [0.5, 0.6) is 0 Å². The van der Waals surface area contributed by atoms with Crippen molar-refractivity contribution in [3.63, 3.8) is 0 Å². The topological polar surface area (TPSA) is 41.6 Å². The minimum Gasteiger partial charge on any atom is -0.381 e. The third kappa shape index (κ3) is 3.36. The zero-order valence-corrected chi connectivity index (χ0v) is 14.2. The molecule has 1 spiro atoms. The summed E-state index contributed by atoms with van der Waals surface area (Å²) in [7, 11) is 0. The Morgan fingerprint density at radius 2 is 2.04 bits per heavy atom. The lowest BCUT2D eigenvalue weighted by molar-refractivity contribution is 0.152. The first kappa shape index (κ1) is 15.3. The van der Waals surface area contributed by atoms with E-state index in [1.807, 2.05) is 22.7 Å². The summed E-state index contributed by atoms with van der Waals surface area (Å²) in [5, 5.41) is 3.18. The molecule has 5 heteroatoms. The molecule has 0 unspecified atom stereocenters. The van der Waals surface area contributed by atoms with Crippen LogP contribution in [-0.4, -0.2) is 48.5 Å². The maximum absolute atomic E-state index is 12.5. The molecular weight excluding hydrogens is 308 g/mol. The van der Waals surface area contributed by atoms with E-state index in [0.29, 0.717) is 0 Å². The first-order chi connectivity index (χ1) is 11.2. The fourth-order valence-corrected chi connectivity index (χ4v) is 4.86. The van der Waals surface area contributed by atoms with Crippen molar-refractivity contribution in [1.29, 1.82) is 0 Å². The molecule has 0 radical (unpaired) electrons. The lowest BCUT2D eigenvalue weighted by atomic mass is 9.87. The van der Waals surface area contributed by atoms with Crippen LogP contribution >= 0.6 is 11.8 Å². The van der Waals surface area contributed by atoms with Gasteiger partial charge in [-0.1, -0.05) is 18.2 Å². The number of likely N-dealkylation sites (tertiary alicyclic amines) is 1. The maximum atomic E-state index is 12.5. The van der Waals surface area contributed by atoms with Crippen LogP contribution in [-0.2, 0) is 4.74 Å². The van der Waals surface area contributed by atoms with Gasteiger partial charge >= 0.3 is 6.03 Å². The SMILES string of the molecule is O=C(NCC1(Sc2ccccc2)CC1)N1CC[C@]2(CCOC2)C1. The first-order valence-corrected chi connectivity index (χ1v) is 9.35. The molecule has 4 rings (SSSR count). The number of hydrogen-bond acceptors (Lipinski definition) is 3. The molecule has 3 aliphatic rings. The highest BCUT2D eigenvalue weighted by atomic mass is 32.2. The van der Waals surface area contributed by atoms with Gasteiger partial charge in [0.1, 0.15) is 0 Å². The number of amides is 2. The van der Waals surface area contributed by atoms with E-state index in [-0.39, 0.29) is 16.2 Å². The highest BCUT2D eigenvalue weighted by Crippen LogP contribution is 2.51. The van der Waals surface area contributed by atoms with E-state index in [4.69, 9.17) is 4.74 Å². The second-order valence-corrected chi connectivity index (χ2v) is 8.77. The predicted octanol–water partition coefficient (Wildman–Crippen LogP) is 3.13. The molecule has 1 aliphatic carbocycles. The van der Waals surface area contributed by atoms with Gasteiger partial charge in [0.05, 0.1) is 6.61 Å². The minimum atomic E-state index is 0.105. The van der Waals surface area contributed by atoms with Gasteiger partial charge < -0.3 is 15.0 Å². The van der Waals surface area contributed by atoms with Crippen LogP contribution in [0.25, 0.3) is 0 Å². The van der Waals surface area contributed by atoms with Crippen molar-refractivity contribution >= 4 is 17.8 Å². The average Bonchev–Trinajstić information content (AvgIpc) is 2.99. The van der Waals surface area contributed by atoms with Gasteiger partial charge in [-0.05, 0) is 37.8 Å². The minimum absolute atomic E-state index is 0.105. The number of nitrogens with one attached hydrogen (secondary N) is 1. The monoisotopic (exact) mass is 332 g/mol. The zero-order chi connectivity index (χ0) is 15.8. The molecule has 23 heavy (non-hydrogen) atoms. The largest absolute Gasteiger partial charge is 0.381 e. The fraction of sp³-hybridized carbons (Fsp3) is 0.611. The molecule has 2 saturated heterocycles. The van der Waals surface area contributed by atoms with Crippen molar-refractivity contribution in [3.8, 4) is 0 Å². The number of rotatable bonds is 4. The van der Waals surface area contributed by atoms with Gasteiger partial charge in [-0.3, -0.25) is 0 Å². The van der Waals surface area contributed by atoms with E-state index in [2.05, 4.69) is 29.6 Å². The van der Waals surface area contributed by atoms with Crippen molar-refractivity contribution in [1.82, 2.24) is 10.2 Å². The molecule has 0 aromatic heterocycles. The van der Waals surface area contributed by atoms with E-state index >= 15 is 0 Å². The number of carbonyl (C=O) groups is 1. The van der Waals surface area contributed by atoms with Crippen LogP contribution in [0.4, 0.5) is 4.79 Å². The van der Waals surface area contributed by atoms with Gasteiger partial charge in [0.2, 0.25) is 0 Å². The van der Waals surface area contributed by atoms with Gasteiger partial charge in [-0.25, -0.2) is 4.79 Å². The van der Waals surface area contributed by atoms with Crippen molar-refractivity contribution < 1.29 is 9.53 Å². The first-order valence-electron chi connectivity index (χ1n) is 8.53. The van der Waals surface area contributed by atoms with Crippen molar-refractivity contribution in [2.75, 3.05) is 32.8 Å². The lowest BCUT2D eigenvalue weighted by Gasteiger charge is -2.23. The predicted molar refractivity (Wildman–Crippen MR) is 91.7 cm³/mol. The molecule has 1 atom stereocenters. The van der Waals surface area contributed by atoms with Crippen LogP contribution in [0.15, 0.2) is 35.2 Å². The van der Waals surface area contributed by atoms with Gasteiger partial charge in [0.15, 0.2) is 0 Å². The molecule has 3 fully saturated rings. The van der Waals surface area contributed by atoms with E-state index < -0.39 is 0 Å². The summed E-state index contributed by atoms with van der Waals surface area (Å²) < 4.78 is 5.75. The molecule has 0 bridgehead atoms. The molecule has 2 amide bonds. The van der Waals surface area contributed by atoms with Gasteiger partial charge in [-0.2, -0.15) is 0 Å². The number of benzene rings is 1. The van der Waals surface area contributed by atoms with Gasteiger partial charge in [-0.15, -0.1) is 11.8 Å². The summed E-state index contributed by atoms with van der Waals surface area (Å²) in [5.74, 6) is 0. The normalized spacial score (nSPS) is 28.3. The Morgan fingerprint density at radius 1 is 1.22 bits per heavy atom. The number of urea groups is 1. The Balaban J connectivity index is 1.28. The Hall–Kier alpha value is -1.20. The molecule has 2 heterocycles. The average molecular weight is 332 g/mol. The van der Waals surface area contributed by atoms with Crippen LogP contribution in [0.2, 0.25) is 0 Å². The van der Waals surface area contributed by atoms with E-state index in [0.717, 1.165) is 45.7 Å². The molecular formula is C18H24N2O2S. The zero-order valence-electron chi connectivity index (χ0n) is 13.4. The number of carbonyl (C=O) groups excluding carboxylic acids is 1. The molecule has 124 valence electrons. The summed E-state index contributed by atoms with van der Waals surface area (Å²) in [6.07, 6.45) is 4.56. The Bertz CT molecular complexity index is 568. The van der Waals surface area contributed by atoms with Crippen LogP contribution < -0.4 is 5.32 Å². The van der Waals surface area contributed by atoms with Crippen molar-refractivity contribution in [2.45, 2.75) is 35.3 Å². The molecule has 1 saturated carbocycles. The van der Waals surface area contributed by atoms with Crippen LogP contribution in [0.1, 0.15) is 25.7 Å². The standard InChI is InChI=1S/C18H24N2O2S/c21-16(20-10-8-17(13-20)9-11-22-14-17)19-12-18(6-7-18)23-15-4-2-1-3-5-15/h1-5H,6-14H2,(H,19,21)/t17-/m0/s1. The summed E-state index contributed by atoms with van der Waals surface area (Å²) in [6.45, 7) is 4.17. The van der Waals surface area contributed by atoms with E-state index in [1.54, 1.807) is 0 Å². The van der Waals surface area contributed by atoms with E-state index in [1.165, 1.54) is 17.7 Å². The molecule has 2 aliphatic heterocycles. The van der Waals surface area contributed by atoms with Crippen molar-refractivity contribution in [3.05, 3.63) is 30.3 Å². The molecule has 4 nitrogen and oxygen atoms in total. The van der Waals surface area contributed by atoms with Crippen LogP contribution in [0, 0.1) is 5.41 Å². The molecule has 1 N–H and O–H groups in total. The van der Waals surface area contributed by atoms with Gasteiger partial charge in [0, 0.05) is 41.3 Å².